The molecule has 0 saturated heterocycles. The Morgan fingerprint density at radius 3 is 2.68 bits per heavy atom. The second kappa shape index (κ2) is 4.99. The van der Waals surface area contributed by atoms with E-state index < -0.39 is 0 Å². The van der Waals surface area contributed by atoms with Gasteiger partial charge in [-0.05, 0) is 38.0 Å². The number of nitrogens with zero attached hydrogens (tertiary/aromatic N) is 2. The topological polar surface area (TPSA) is 35.0 Å². The van der Waals surface area contributed by atoms with Crippen LogP contribution in [0, 0.1) is 6.92 Å². The van der Waals surface area contributed by atoms with Crippen molar-refractivity contribution in [1.29, 1.82) is 0 Å². The average Bonchev–Trinajstić information content (AvgIpc) is 3.19. The highest BCUT2D eigenvalue weighted by atomic mass is 35.5. The highest BCUT2D eigenvalue weighted by Gasteiger charge is 2.28. The van der Waals surface area contributed by atoms with Crippen LogP contribution in [0.25, 0.3) is 0 Å². The smallest absolute Gasteiger partial charge is 0.226 e. The van der Waals surface area contributed by atoms with Crippen molar-refractivity contribution < 1.29 is 4.74 Å². The first-order chi connectivity index (χ1) is 9.13. The number of aromatic nitrogens is 2. The van der Waals surface area contributed by atoms with Crippen molar-refractivity contribution >= 4 is 23.2 Å². The van der Waals surface area contributed by atoms with Crippen LogP contribution in [0.2, 0.25) is 10.2 Å². The number of halogens is 2. The minimum atomic E-state index is 0.430. The third-order valence-electron chi connectivity index (χ3n) is 3.01. The first-order valence-electron chi connectivity index (χ1n) is 6.11. The second-order valence-corrected chi connectivity index (χ2v) is 5.43. The fourth-order valence-corrected chi connectivity index (χ4v) is 2.10. The molecule has 3 rings (SSSR count). The molecule has 0 unspecified atom stereocenters. The fourth-order valence-electron chi connectivity index (χ4n) is 1.75. The van der Waals surface area contributed by atoms with Crippen molar-refractivity contribution in [3.05, 3.63) is 45.8 Å². The van der Waals surface area contributed by atoms with Gasteiger partial charge < -0.3 is 4.74 Å². The molecule has 0 amide bonds. The Morgan fingerprint density at radius 2 is 2.00 bits per heavy atom. The van der Waals surface area contributed by atoms with E-state index in [2.05, 4.69) is 9.97 Å². The molecule has 1 fully saturated rings. The van der Waals surface area contributed by atoms with Crippen molar-refractivity contribution in [3.8, 4) is 11.6 Å². The van der Waals surface area contributed by atoms with E-state index in [4.69, 9.17) is 27.9 Å². The molecule has 0 N–H and O–H groups in total. The summed E-state index contributed by atoms with van der Waals surface area (Å²) in [5.41, 5.74) is 0.742. The summed E-state index contributed by atoms with van der Waals surface area (Å²) in [6.07, 6.45) is 2.24. The molecule has 1 aliphatic rings. The molecule has 0 atom stereocenters. The Labute approximate surface area is 121 Å². The van der Waals surface area contributed by atoms with Crippen molar-refractivity contribution in [2.24, 2.45) is 0 Å². The van der Waals surface area contributed by atoms with Gasteiger partial charge in [0, 0.05) is 16.5 Å². The maximum Gasteiger partial charge on any atom is 0.226 e. The van der Waals surface area contributed by atoms with Crippen LogP contribution < -0.4 is 4.74 Å². The third kappa shape index (κ3) is 2.82. The molecule has 0 aliphatic heterocycles. The highest BCUT2D eigenvalue weighted by molar-refractivity contribution is 6.30. The molecule has 1 aromatic heterocycles. The number of hydrogen-bond acceptors (Lipinski definition) is 3. The number of hydrogen-bond donors (Lipinski definition) is 0. The molecule has 1 aromatic carbocycles. The molecule has 2 aromatic rings. The van der Waals surface area contributed by atoms with Crippen LogP contribution in [-0.4, -0.2) is 9.97 Å². The molecule has 98 valence electrons. The Kier molecular flexibility index (Phi) is 3.33. The van der Waals surface area contributed by atoms with Gasteiger partial charge in [-0.15, -0.1) is 0 Å². The van der Waals surface area contributed by atoms with Gasteiger partial charge in [-0.1, -0.05) is 29.3 Å². The lowest BCUT2D eigenvalue weighted by Gasteiger charge is -2.10. The van der Waals surface area contributed by atoms with Gasteiger partial charge in [0.05, 0.1) is 0 Å². The van der Waals surface area contributed by atoms with Gasteiger partial charge in [-0.3, -0.25) is 0 Å². The molecule has 0 radical (unpaired) electrons. The van der Waals surface area contributed by atoms with Crippen LogP contribution in [0.3, 0.4) is 0 Å². The van der Waals surface area contributed by atoms with Gasteiger partial charge >= 0.3 is 0 Å². The second-order valence-electron chi connectivity index (χ2n) is 4.64. The van der Waals surface area contributed by atoms with Crippen molar-refractivity contribution in [1.82, 2.24) is 9.97 Å². The predicted octanol–water partition coefficient (Wildman–Crippen LogP) is 4.76. The highest BCUT2D eigenvalue weighted by Crippen LogP contribution is 2.40. The Balaban J connectivity index is 1.95. The van der Waals surface area contributed by atoms with Gasteiger partial charge in [0.1, 0.15) is 16.7 Å². The molecule has 0 bridgehead atoms. The van der Waals surface area contributed by atoms with Crippen LogP contribution in [0.5, 0.6) is 11.6 Å². The van der Waals surface area contributed by atoms with Crippen LogP contribution >= 0.6 is 23.2 Å². The monoisotopic (exact) mass is 294 g/mol. The maximum atomic E-state index is 6.13. The zero-order valence-corrected chi connectivity index (χ0v) is 11.9. The third-order valence-corrected chi connectivity index (χ3v) is 3.62. The molecule has 0 spiro atoms. The van der Waals surface area contributed by atoms with E-state index >= 15 is 0 Å². The molecule has 1 heterocycles. The van der Waals surface area contributed by atoms with Crippen molar-refractivity contribution in [2.75, 3.05) is 0 Å². The maximum absolute atomic E-state index is 6.13. The minimum absolute atomic E-state index is 0.430. The lowest BCUT2D eigenvalue weighted by molar-refractivity contribution is 0.454. The molecule has 3 nitrogen and oxygen atoms in total. The first kappa shape index (κ1) is 12.7. The van der Waals surface area contributed by atoms with Crippen LogP contribution in [0.4, 0.5) is 0 Å². The minimum Gasteiger partial charge on any atom is -0.439 e. The van der Waals surface area contributed by atoms with Crippen molar-refractivity contribution in [3.63, 3.8) is 0 Å². The largest absolute Gasteiger partial charge is 0.439 e. The van der Waals surface area contributed by atoms with Gasteiger partial charge in [-0.25, -0.2) is 4.98 Å². The molecule has 1 aliphatic carbocycles. The zero-order chi connectivity index (χ0) is 13.4. The Morgan fingerprint density at radius 1 is 1.21 bits per heavy atom. The van der Waals surface area contributed by atoms with Crippen molar-refractivity contribution in [2.45, 2.75) is 25.7 Å². The summed E-state index contributed by atoms with van der Waals surface area (Å²) in [6, 6.07) is 7.20. The Hall–Kier alpha value is -1.32. The van der Waals surface area contributed by atoms with E-state index in [1.165, 1.54) is 0 Å². The summed E-state index contributed by atoms with van der Waals surface area (Å²) in [7, 11) is 0. The van der Waals surface area contributed by atoms with E-state index in [0.29, 0.717) is 27.7 Å². The summed E-state index contributed by atoms with van der Waals surface area (Å²) in [5.74, 6) is 2.35. The van der Waals surface area contributed by atoms with Gasteiger partial charge in [0.25, 0.3) is 0 Å². The standard InChI is InChI=1S/C14H12Cl2N2O/c1-8-12(16)17-13(9-5-6-9)18-14(8)19-11-4-2-3-10(15)7-11/h2-4,7,9H,5-6H2,1H3. The predicted molar refractivity (Wildman–Crippen MR) is 75.3 cm³/mol. The summed E-state index contributed by atoms with van der Waals surface area (Å²) >= 11 is 12.1. The molecular formula is C14H12Cl2N2O. The summed E-state index contributed by atoms with van der Waals surface area (Å²) in [6.45, 7) is 1.85. The van der Waals surface area contributed by atoms with E-state index in [9.17, 15) is 0 Å². The van der Waals surface area contributed by atoms with Crippen LogP contribution in [-0.2, 0) is 0 Å². The zero-order valence-electron chi connectivity index (χ0n) is 10.4. The van der Waals surface area contributed by atoms with Crippen LogP contribution in [0.15, 0.2) is 24.3 Å². The summed E-state index contributed by atoms with van der Waals surface area (Å²) < 4.78 is 5.77. The van der Waals surface area contributed by atoms with Gasteiger partial charge in [0.15, 0.2) is 0 Å². The van der Waals surface area contributed by atoms with E-state index in [1.807, 2.05) is 19.1 Å². The van der Waals surface area contributed by atoms with Gasteiger partial charge in [0.2, 0.25) is 5.88 Å². The lowest BCUT2D eigenvalue weighted by atomic mass is 10.3. The number of benzene rings is 1. The first-order valence-corrected chi connectivity index (χ1v) is 6.86. The molecule has 19 heavy (non-hydrogen) atoms. The average molecular weight is 295 g/mol. The van der Waals surface area contributed by atoms with Gasteiger partial charge in [-0.2, -0.15) is 4.98 Å². The Bertz CT molecular complexity index is 627. The van der Waals surface area contributed by atoms with E-state index in [1.54, 1.807) is 12.1 Å². The quantitative estimate of drug-likeness (QED) is 0.766. The number of ether oxygens (including phenoxy) is 1. The summed E-state index contributed by atoms with van der Waals surface area (Å²) in [4.78, 5) is 8.76. The molecular weight excluding hydrogens is 283 g/mol. The fraction of sp³-hybridized carbons (Fsp3) is 0.286. The van der Waals surface area contributed by atoms with E-state index in [-0.39, 0.29) is 0 Å². The van der Waals surface area contributed by atoms with Crippen LogP contribution in [0.1, 0.15) is 30.1 Å². The summed E-state index contributed by atoms with van der Waals surface area (Å²) in [5, 5.41) is 1.08. The normalized spacial score (nSPS) is 14.5. The van der Waals surface area contributed by atoms with E-state index in [0.717, 1.165) is 24.2 Å². The number of rotatable bonds is 3. The molecule has 1 saturated carbocycles. The lowest BCUT2D eigenvalue weighted by Crippen LogP contribution is -2.00. The molecule has 5 heteroatoms. The SMILES string of the molecule is Cc1c(Cl)nc(C2CC2)nc1Oc1cccc(Cl)c1.